The molecule has 0 radical (unpaired) electrons. The molecule has 0 saturated heterocycles. The lowest BCUT2D eigenvalue weighted by Crippen LogP contribution is -1.90. The number of hydrogen-bond donors (Lipinski definition) is 2. The van der Waals surface area contributed by atoms with Gasteiger partial charge in [0.25, 0.3) is 0 Å². The van der Waals surface area contributed by atoms with Gasteiger partial charge in [-0.1, -0.05) is 42.5 Å². The van der Waals surface area contributed by atoms with Crippen LogP contribution in [0.15, 0.2) is 120 Å². The molecular formula is C24H22N6. The lowest BCUT2D eigenvalue weighted by molar-refractivity contribution is 1.30. The monoisotopic (exact) mass is 394 g/mol. The molecular weight excluding hydrogens is 372 g/mol. The minimum absolute atomic E-state index is 0.970. The van der Waals surface area contributed by atoms with Gasteiger partial charge in [-0.15, -0.1) is 0 Å². The van der Waals surface area contributed by atoms with Gasteiger partial charge in [-0.05, 0) is 48.0 Å². The van der Waals surface area contributed by atoms with Crippen molar-refractivity contribution in [1.82, 2.24) is 9.97 Å². The Hall–Kier alpha value is -4.32. The van der Waals surface area contributed by atoms with E-state index in [2.05, 4.69) is 31.0 Å². The third-order valence-corrected chi connectivity index (χ3v) is 3.75. The molecule has 4 rings (SSSR count). The van der Waals surface area contributed by atoms with Crippen LogP contribution >= 0.6 is 0 Å². The first-order chi connectivity index (χ1) is 14.9. The molecule has 0 unspecified atom stereocenters. The molecule has 0 bridgehead atoms. The van der Waals surface area contributed by atoms with Crippen molar-refractivity contribution in [3.8, 4) is 0 Å². The van der Waals surface area contributed by atoms with Gasteiger partial charge in [-0.3, -0.25) is 20.8 Å². The average molecular weight is 394 g/mol. The molecule has 2 aromatic heterocycles. The lowest BCUT2D eigenvalue weighted by atomic mass is 10.3. The fourth-order valence-corrected chi connectivity index (χ4v) is 2.29. The van der Waals surface area contributed by atoms with Crippen LogP contribution in [0.2, 0.25) is 0 Å². The maximum absolute atomic E-state index is 4.11. The van der Waals surface area contributed by atoms with Crippen molar-refractivity contribution in [3.63, 3.8) is 0 Å². The van der Waals surface area contributed by atoms with Crippen LogP contribution in [0.25, 0.3) is 0 Å². The number of hydrazone groups is 2. The van der Waals surface area contributed by atoms with Gasteiger partial charge in [0.15, 0.2) is 0 Å². The molecule has 6 heteroatoms. The lowest BCUT2D eigenvalue weighted by Gasteiger charge is -1.97. The largest absolute Gasteiger partial charge is 0.279 e. The van der Waals surface area contributed by atoms with Crippen LogP contribution in [0, 0.1) is 0 Å². The van der Waals surface area contributed by atoms with Crippen LogP contribution in [0.3, 0.4) is 0 Å². The number of aromatic nitrogens is 2. The highest BCUT2D eigenvalue weighted by Gasteiger charge is 1.87. The Morgan fingerprint density at radius 2 is 1.10 bits per heavy atom. The van der Waals surface area contributed by atoms with E-state index in [9.17, 15) is 0 Å². The second-order valence-corrected chi connectivity index (χ2v) is 6.04. The molecule has 0 amide bonds. The number of nitrogens with zero attached hydrogens (tertiary/aromatic N) is 4. The first kappa shape index (κ1) is 20.4. The Morgan fingerprint density at radius 3 is 1.63 bits per heavy atom. The fourth-order valence-electron chi connectivity index (χ4n) is 2.29. The summed E-state index contributed by atoms with van der Waals surface area (Å²) in [6.45, 7) is 0. The smallest absolute Gasteiger partial charge is 0.0561 e. The second kappa shape index (κ2) is 12.2. The van der Waals surface area contributed by atoms with E-state index < -0.39 is 0 Å². The van der Waals surface area contributed by atoms with E-state index in [0.29, 0.717) is 0 Å². The number of rotatable bonds is 6. The molecule has 30 heavy (non-hydrogen) atoms. The van der Waals surface area contributed by atoms with Crippen molar-refractivity contribution in [2.45, 2.75) is 0 Å². The summed E-state index contributed by atoms with van der Waals surface area (Å²) >= 11 is 0. The summed E-state index contributed by atoms with van der Waals surface area (Å²) in [5, 5.41) is 8.21. The van der Waals surface area contributed by atoms with Crippen molar-refractivity contribution in [1.29, 1.82) is 0 Å². The number of anilines is 2. The normalized spacial score (nSPS) is 10.4. The molecule has 0 aliphatic carbocycles. The second-order valence-electron chi connectivity index (χ2n) is 6.04. The van der Waals surface area contributed by atoms with E-state index in [1.807, 2.05) is 84.9 Å². The van der Waals surface area contributed by atoms with Gasteiger partial charge in [0.2, 0.25) is 0 Å². The standard InChI is InChI=1S/2C12H11N3/c1-2-6-12(7-3-1)15-14-10-11-5-4-8-13-9-11;1-2-4-12(5-3-1)15-14-10-11-6-8-13-9-7-11/h2*1-10,15H/b2*14-10+. The topological polar surface area (TPSA) is 74.6 Å². The molecule has 0 saturated carbocycles. The zero-order chi connectivity index (χ0) is 20.7. The Kier molecular flexibility index (Phi) is 8.30. The van der Waals surface area contributed by atoms with Crippen molar-refractivity contribution in [2.24, 2.45) is 10.2 Å². The van der Waals surface area contributed by atoms with E-state index in [1.165, 1.54) is 0 Å². The molecule has 0 aliphatic heterocycles. The Balaban J connectivity index is 0.000000171. The maximum Gasteiger partial charge on any atom is 0.0561 e. The van der Waals surface area contributed by atoms with Crippen LogP contribution in [0.4, 0.5) is 11.4 Å². The predicted molar refractivity (Wildman–Crippen MR) is 124 cm³/mol. The van der Waals surface area contributed by atoms with E-state index in [0.717, 1.165) is 22.5 Å². The molecule has 6 nitrogen and oxygen atoms in total. The highest BCUT2D eigenvalue weighted by atomic mass is 15.3. The number of para-hydroxylation sites is 2. The summed E-state index contributed by atoms with van der Waals surface area (Å²) in [7, 11) is 0. The molecule has 0 aliphatic rings. The number of nitrogens with one attached hydrogen (secondary N) is 2. The van der Waals surface area contributed by atoms with Gasteiger partial charge in [0.05, 0.1) is 23.8 Å². The van der Waals surface area contributed by atoms with E-state index in [-0.39, 0.29) is 0 Å². The molecule has 2 aromatic carbocycles. The van der Waals surface area contributed by atoms with Crippen LogP contribution in [-0.2, 0) is 0 Å². The van der Waals surface area contributed by atoms with Crippen LogP contribution in [0.5, 0.6) is 0 Å². The molecule has 2 heterocycles. The minimum atomic E-state index is 0.970. The minimum Gasteiger partial charge on any atom is -0.279 e. The fraction of sp³-hybridized carbons (Fsp3) is 0. The summed E-state index contributed by atoms with van der Waals surface area (Å²) in [5.41, 5.74) is 9.82. The first-order valence-corrected chi connectivity index (χ1v) is 9.38. The van der Waals surface area contributed by atoms with Gasteiger partial charge in [-0.2, -0.15) is 10.2 Å². The third kappa shape index (κ3) is 7.74. The summed E-state index contributed by atoms with van der Waals surface area (Å²) in [4.78, 5) is 7.92. The zero-order valence-electron chi connectivity index (χ0n) is 16.3. The van der Waals surface area contributed by atoms with Gasteiger partial charge in [0, 0.05) is 30.4 Å². The van der Waals surface area contributed by atoms with Crippen LogP contribution < -0.4 is 10.9 Å². The highest BCUT2D eigenvalue weighted by molar-refractivity contribution is 5.80. The quantitative estimate of drug-likeness (QED) is 0.354. The molecule has 0 atom stereocenters. The number of pyridine rings is 2. The Labute approximate surface area is 176 Å². The third-order valence-electron chi connectivity index (χ3n) is 3.75. The molecule has 2 N–H and O–H groups in total. The van der Waals surface area contributed by atoms with Crippen LogP contribution in [-0.4, -0.2) is 22.4 Å². The van der Waals surface area contributed by atoms with E-state index >= 15 is 0 Å². The summed E-state index contributed by atoms with van der Waals surface area (Å²) in [6.07, 6.45) is 10.5. The molecule has 148 valence electrons. The first-order valence-electron chi connectivity index (χ1n) is 9.38. The Morgan fingerprint density at radius 1 is 0.533 bits per heavy atom. The van der Waals surface area contributed by atoms with Crippen molar-refractivity contribution in [3.05, 3.63) is 121 Å². The van der Waals surface area contributed by atoms with Gasteiger partial charge in [-0.25, -0.2) is 0 Å². The number of benzene rings is 2. The van der Waals surface area contributed by atoms with Crippen molar-refractivity contribution >= 4 is 23.8 Å². The van der Waals surface area contributed by atoms with Gasteiger partial charge in [0.1, 0.15) is 0 Å². The average Bonchev–Trinajstić information content (AvgIpc) is 2.82. The Bertz CT molecular complexity index is 933. The van der Waals surface area contributed by atoms with Gasteiger partial charge < -0.3 is 0 Å². The van der Waals surface area contributed by atoms with Crippen LogP contribution in [0.1, 0.15) is 11.1 Å². The maximum atomic E-state index is 4.11. The number of hydrogen-bond acceptors (Lipinski definition) is 6. The van der Waals surface area contributed by atoms with E-state index in [1.54, 1.807) is 37.2 Å². The molecule has 0 fully saturated rings. The van der Waals surface area contributed by atoms with Crippen molar-refractivity contribution < 1.29 is 0 Å². The highest BCUT2D eigenvalue weighted by Crippen LogP contribution is 2.05. The predicted octanol–water partition coefficient (Wildman–Crippen LogP) is 5.06. The SMILES string of the molecule is C(=N\Nc1ccccc1)/c1cccnc1.C(=N\Nc1ccccc1)/c1ccncc1. The summed E-state index contributed by atoms with van der Waals surface area (Å²) in [6, 6.07) is 27.3. The molecule has 4 aromatic rings. The molecule has 0 spiro atoms. The van der Waals surface area contributed by atoms with Crippen molar-refractivity contribution in [2.75, 3.05) is 10.9 Å². The van der Waals surface area contributed by atoms with E-state index in [4.69, 9.17) is 0 Å². The summed E-state index contributed by atoms with van der Waals surface area (Å²) in [5.74, 6) is 0. The zero-order valence-corrected chi connectivity index (χ0v) is 16.3. The van der Waals surface area contributed by atoms with Gasteiger partial charge >= 0.3 is 0 Å². The summed E-state index contributed by atoms with van der Waals surface area (Å²) < 4.78 is 0.